The maximum Gasteiger partial charge on any atom is 0.338 e. The summed E-state index contributed by atoms with van der Waals surface area (Å²) in [5.74, 6) is -0.0262. The molecule has 1 atom stereocenters. The van der Waals surface area contributed by atoms with Gasteiger partial charge in [-0.15, -0.1) is 0 Å². The third-order valence-corrected chi connectivity index (χ3v) is 4.62. The van der Waals surface area contributed by atoms with Gasteiger partial charge in [0.25, 0.3) is 0 Å². The lowest BCUT2D eigenvalue weighted by Crippen LogP contribution is -2.30. The van der Waals surface area contributed by atoms with E-state index in [1.165, 1.54) is 0 Å². The summed E-state index contributed by atoms with van der Waals surface area (Å²) in [5, 5.41) is 15.5. The van der Waals surface area contributed by atoms with Crippen LogP contribution in [0.2, 0.25) is 5.02 Å². The van der Waals surface area contributed by atoms with E-state index in [2.05, 4.69) is 20.8 Å². The first kappa shape index (κ1) is 17.2. The summed E-state index contributed by atoms with van der Waals surface area (Å²) in [5.41, 5.74) is 2.54. The molecular weight excluding hydrogens is 366 g/mol. The van der Waals surface area contributed by atoms with Crippen molar-refractivity contribution in [2.24, 2.45) is 0 Å². The molecule has 1 N–H and O–H groups in total. The number of rotatable bonds is 4. The van der Waals surface area contributed by atoms with Gasteiger partial charge in [0.15, 0.2) is 0 Å². The number of hydrogen-bond acceptors (Lipinski definition) is 6. The second-order valence-electron chi connectivity index (χ2n) is 5.87. The Hall–Kier alpha value is -3.19. The van der Waals surface area contributed by atoms with Crippen LogP contribution >= 0.6 is 11.6 Å². The fourth-order valence-electron chi connectivity index (χ4n) is 3.13. The first-order valence-electron chi connectivity index (χ1n) is 8.46. The van der Waals surface area contributed by atoms with Gasteiger partial charge in [0.2, 0.25) is 5.95 Å². The standard InChI is InChI=1S/C19H16ClN5O2/c1-2-27-18(26)15-16(12-8-4-3-5-9-12)21-19-22-23-24-25(19)17(15)13-10-6-7-11-14(13)20/h3-11,17H,2H2,1H3,(H,21,22,24). The molecule has 1 unspecified atom stereocenters. The van der Waals surface area contributed by atoms with E-state index in [0.29, 0.717) is 27.8 Å². The van der Waals surface area contributed by atoms with Crippen molar-refractivity contribution in [1.29, 1.82) is 0 Å². The number of benzene rings is 2. The molecule has 0 fully saturated rings. The number of anilines is 1. The van der Waals surface area contributed by atoms with Gasteiger partial charge in [0.1, 0.15) is 6.04 Å². The number of tetrazole rings is 1. The zero-order chi connectivity index (χ0) is 18.8. The molecule has 27 heavy (non-hydrogen) atoms. The minimum atomic E-state index is -0.612. The number of carbonyl (C=O) groups excluding carboxylic acids is 1. The number of esters is 1. The van der Waals surface area contributed by atoms with Crippen LogP contribution in [0.3, 0.4) is 0 Å². The molecule has 1 aliphatic heterocycles. The molecule has 4 rings (SSSR count). The highest BCUT2D eigenvalue weighted by molar-refractivity contribution is 6.31. The number of fused-ring (bicyclic) bond motifs is 1. The van der Waals surface area contributed by atoms with Gasteiger partial charge in [-0.3, -0.25) is 0 Å². The molecular formula is C19H16ClN5O2. The van der Waals surface area contributed by atoms with Crippen LogP contribution in [0.25, 0.3) is 5.70 Å². The van der Waals surface area contributed by atoms with E-state index in [0.717, 1.165) is 5.56 Å². The van der Waals surface area contributed by atoms with Crippen molar-refractivity contribution in [2.75, 3.05) is 11.9 Å². The Kier molecular flexibility index (Phi) is 4.60. The van der Waals surface area contributed by atoms with Crippen LogP contribution in [0.5, 0.6) is 0 Å². The maximum absolute atomic E-state index is 13.0. The highest BCUT2D eigenvalue weighted by atomic mass is 35.5. The molecule has 1 aliphatic rings. The number of ether oxygens (including phenoxy) is 1. The zero-order valence-electron chi connectivity index (χ0n) is 14.5. The largest absolute Gasteiger partial charge is 0.463 e. The van der Waals surface area contributed by atoms with E-state index in [-0.39, 0.29) is 6.61 Å². The second-order valence-corrected chi connectivity index (χ2v) is 6.28. The van der Waals surface area contributed by atoms with Crippen molar-refractivity contribution in [2.45, 2.75) is 13.0 Å². The first-order valence-corrected chi connectivity index (χ1v) is 8.84. The van der Waals surface area contributed by atoms with Crippen LogP contribution in [0, 0.1) is 0 Å². The third-order valence-electron chi connectivity index (χ3n) is 4.27. The van der Waals surface area contributed by atoms with Crippen LogP contribution in [0.4, 0.5) is 5.95 Å². The van der Waals surface area contributed by atoms with Gasteiger partial charge in [-0.2, -0.15) is 4.68 Å². The molecule has 3 aromatic rings. The Balaban J connectivity index is 1.99. The molecule has 0 saturated carbocycles. The molecule has 2 aromatic carbocycles. The van der Waals surface area contributed by atoms with E-state index >= 15 is 0 Å². The van der Waals surface area contributed by atoms with Gasteiger partial charge in [-0.05, 0) is 29.0 Å². The van der Waals surface area contributed by atoms with Gasteiger partial charge in [-0.1, -0.05) is 65.2 Å². The average Bonchev–Trinajstić information content (AvgIpc) is 3.16. The topological polar surface area (TPSA) is 81.9 Å². The molecule has 0 amide bonds. The van der Waals surface area contributed by atoms with Crippen molar-refractivity contribution in [1.82, 2.24) is 20.2 Å². The number of carbonyl (C=O) groups is 1. The summed E-state index contributed by atoms with van der Waals surface area (Å²) in [6.45, 7) is 2.02. The van der Waals surface area contributed by atoms with Crippen LogP contribution in [0.1, 0.15) is 24.1 Å². The summed E-state index contributed by atoms with van der Waals surface area (Å²) in [6, 6.07) is 16.2. The molecule has 8 heteroatoms. The molecule has 7 nitrogen and oxygen atoms in total. The molecule has 0 aliphatic carbocycles. The van der Waals surface area contributed by atoms with Crippen molar-refractivity contribution < 1.29 is 9.53 Å². The predicted octanol–water partition coefficient (Wildman–Crippen LogP) is 3.32. The lowest BCUT2D eigenvalue weighted by Gasteiger charge is -2.29. The first-order chi connectivity index (χ1) is 13.2. The smallest absolute Gasteiger partial charge is 0.338 e. The summed E-state index contributed by atoms with van der Waals surface area (Å²) in [7, 11) is 0. The minimum Gasteiger partial charge on any atom is -0.463 e. The molecule has 0 spiro atoms. The van der Waals surface area contributed by atoms with Crippen LogP contribution < -0.4 is 5.32 Å². The lowest BCUT2D eigenvalue weighted by atomic mass is 9.93. The number of halogens is 1. The molecule has 136 valence electrons. The summed E-state index contributed by atoms with van der Waals surface area (Å²) < 4.78 is 6.90. The van der Waals surface area contributed by atoms with E-state index in [9.17, 15) is 4.79 Å². The average molecular weight is 382 g/mol. The van der Waals surface area contributed by atoms with Crippen LogP contribution in [-0.4, -0.2) is 32.8 Å². The number of nitrogens with zero attached hydrogens (tertiary/aromatic N) is 4. The van der Waals surface area contributed by atoms with Crippen molar-refractivity contribution in [3.05, 3.63) is 76.3 Å². The quantitative estimate of drug-likeness (QED) is 0.698. The van der Waals surface area contributed by atoms with Crippen molar-refractivity contribution in [3.8, 4) is 0 Å². The van der Waals surface area contributed by atoms with E-state index in [1.54, 1.807) is 17.7 Å². The summed E-state index contributed by atoms with van der Waals surface area (Å²) >= 11 is 6.45. The van der Waals surface area contributed by atoms with Gasteiger partial charge < -0.3 is 10.1 Å². The number of aromatic nitrogens is 4. The Morgan fingerprint density at radius 1 is 1.19 bits per heavy atom. The molecule has 0 radical (unpaired) electrons. The van der Waals surface area contributed by atoms with Gasteiger partial charge in [0, 0.05) is 10.6 Å². The van der Waals surface area contributed by atoms with Crippen molar-refractivity contribution in [3.63, 3.8) is 0 Å². The number of nitrogens with one attached hydrogen (secondary N) is 1. The SMILES string of the molecule is CCOC(=O)C1=C(c2ccccc2)Nc2nnnn2C1c1ccccc1Cl. The van der Waals surface area contributed by atoms with Gasteiger partial charge in [-0.25, -0.2) is 4.79 Å². The fourth-order valence-corrected chi connectivity index (χ4v) is 3.37. The van der Waals surface area contributed by atoms with E-state index in [1.807, 2.05) is 48.5 Å². The second kappa shape index (κ2) is 7.20. The Bertz CT molecular complexity index is 1020. The van der Waals surface area contributed by atoms with Gasteiger partial charge >= 0.3 is 5.97 Å². The molecule has 1 aromatic heterocycles. The van der Waals surface area contributed by atoms with Crippen LogP contribution in [-0.2, 0) is 9.53 Å². The monoisotopic (exact) mass is 381 g/mol. The third kappa shape index (κ3) is 3.06. The normalized spacial score (nSPS) is 15.9. The summed E-state index contributed by atoms with van der Waals surface area (Å²) in [4.78, 5) is 13.0. The van der Waals surface area contributed by atoms with Crippen LogP contribution in [0.15, 0.2) is 60.2 Å². The maximum atomic E-state index is 13.0. The minimum absolute atomic E-state index is 0.252. The highest BCUT2D eigenvalue weighted by Gasteiger charge is 2.37. The fraction of sp³-hybridized carbons (Fsp3) is 0.158. The van der Waals surface area contributed by atoms with E-state index in [4.69, 9.17) is 16.3 Å². The lowest BCUT2D eigenvalue weighted by molar-refractivity contribution is -0.138. The highest BCUT2D eigenvalue weighted by Crippen LogP contribution is 2.40. The predicted molar refractivity (Wildman–Crippen MR) is 101 cm³/mol. The Labute approximate surface area is 160 Å². The molecule has 2 heterocycles. The van der Waals surface area contributed by atoms with E-state index < -0.39 is 12.0 Å². The molecule has 0 bridgehead atoms. The Morgan fingerprint density at radius 2 is 1.93 bits per heavy atom. The van der Waals surface area contributed by atoms with Gasteiger partial charge in [0.05, 0.1) is 17.9 Å². The molecule has 0 saturated heterocycles. The number of hydrogen-bond donors (Lipinski definition) is 1. The Morgan fingerprint density at radius 3 is 2.67 bits per heavy atom. The summed E-state index contributed by atoms with van der Waals surface area (Å²) in [6.07, 6.45) is 0. The van der Waals surface area contributed by atoms with Crippen molar-refractivity contribution >= 4 is 29.2 Å². The zero-order valence-corrected chi connectivity index (χ0v) is 15.2.